The largest absolute Gasteiger partial charge is 0.493 e. The number of nitriles is 1. The SMILES string of the molecule is COc1cc2c(cc1OC)CC(C#N)C2. The fourth-order valence-corrected chi connectivity index (χ4v) is 2.04. The molecule has 3 nitrogen and oxygen atoms in total. The molecule has 0 unspecified atom stereocenters. The number of hydrogen-bond donors (Lipinski definition) is 0. The van der Waals surface area contributed by atoms with Crippen LogP contribution in [0.25, 0.3) is 0 Å². The molecule has 78 valence electrons. The predicted molar refractivity (Wildman–Crippen MR) is 56.1 cm³/mol. The number of rotatable bonds is 2. The molecular weight excluding hydrogens is 190 g/mol. The van der Waals surface area contributed by atoms with Crippen LogP contribution in [0, 0.1) is 17.2 Å². The molecular formula is C12H13NO2. The van der Waals surface area contributed by atoms with E-state index in [0.29, 0.717) is 0 Å². The first kappa shape index (κ1) is 9.85. The van der Waals surface area contributed by atoms with Crippen LogP contribution in [0.3, 0.4) is 0 Å². The summed E-state index contributed by atoms with van der Waals surface area (Å²) in [6, 6.07) is 6.26. The summed E-state index contributed by atoms with van der Waals surface area (Å²) in [5.74, 6) is 1.60. The zero-order chi connectivity index (χ0) is 10.8. The van der Waals surface area contributed by atoms with Gasteiger partial charge >= 0.3 is 0 Å². The summed E-state index contributed by atoms with van der Waals surface area (Å²) < 4.78 is 10.4. The maximum atomic E-state index is 8.88. The molecule has 0 fully saturated rings. The van der Waals surface area contributed by atoms with Gasteiger partial charge in [-0.3, -0.25) is 0 Å². The Morgan fingerprint density at radius 1 is 1.13 bits per heavy atom. The Morgan fingerprint density at radius 3 is 1.93 bits per heavy atom. The number of methoxy groups -OCH3 is 2. The van der Waals surface area contributed by atoms with Crippen molar-refractivity contribution < 1.29 is 9.47 Å². The van der Waals surface area contributed by atoms with Crippen LogP contribution in [0.1, 0.15) is 11.1 Å². The molecule has 15 heavy (non-hydrogen) atoms. The van der Waals surface area contributed by atoms with Crippen LogP contribution in [0.15, 0.2) is 12.1 Å². The maximum Gasteiger partial charge on any atom is 0.161 e. The summed E-state index contributed by atoms with van der Waals surface area (Å²) in [4.78, 5) is 0. The van der Waals surface area contributed by atoms with E-state index in [1.54, 1.807) is 14.2 Å². The monoisotopic (exact) mass is 203 g/mol. The Balaban J connectivity index is 2.40. The fourth-order valence-electron chi connectivity index (χ4n) is 2.04. The summed E-state index contributed by atoms with van der Waals surface area (Å²) in [5, 5.41) is 8.88. The molecule has 0 heterocycles. The first-order chi connectivity index (χ1) is 7.28. The second-order valence-electron chi connectivity index (χ2n) is 3.71. The molecule has 0 aromatic heterocycles. The zero-order valence-corrected chi connectivity index (χ0v) is 8.91. The van der Waals surface area contributed by atoms with E-state index in [4.69, 9.17) is 14.7 Å². The predicted octanol–water partition coefficient (Wildman–Crippen LogP) is 1.94. The van der Waals surface area contributed by atoms with Crippen LogP contribution in [-0.4, -0.2) is 14.2 Å². The minimum absolute atomic E-state index is 0.108. The number of ether oxygens (including phenoxy) is 2. The molecule has 0 saturated carbocycles. The molecule has 0 bridgehead atoms. The Kier molecular flexibility index (Phi) is 2.51. The molecule has 0 radical (unpaired) electrons. The van der Waals surface area contributed by atoms with Gasteiger partial charge in [-0.15, -0.1) is 0 Å². The van der Waals surface area contributed by atoms with Crippen molar-refractivity contribution in [2.24, 2.45) is 5.92 Å². The van der Waals surface area contributed by atoms with E-state index in [2.05, 4.69) is 6.07 Å². The van der Waals surface area contributed by atoms with E-state index in [0.717, 1.165) is 24.3 Å². The minimum atomic E-state index is 0.108. The van der Waals surface area contributed by atoms with Crippen LogP contribution in [0.5, 0.6) is 11.5 Å². The lowest BCUT2D eigenvalue weighted by Crippen LogP contribution is -1.93. The van der Waals surface area contributed by atoms with E-state index in [-0.39, 0.29) is 5.92 Å². The highest BCUT2D eigenvalue weighted by molar-refractivity contribution is 5.49. The molecule has 0 atom stereocenters. The minimum Gasteiger partial charge on any atom is -0.493 e. The molecule has 1 aliphatic carbocycles. The Hall–Kier alpha value is -1.69. The number of nitrogens with zero attached hydrogens (tertiary/aromatic N) is 1. The van der Waals surface area contributed by atoms with Crippen molar-refractivity contribution in [2.75, 3.05) is 14.2 Å². The molecule has 2 rings (SSSR count). The number of hydrogen-bond acceptors (Lipinski definition) is 3. The number of fused-ring (bicyclic) bond motifs is 1. The molecule has 0 aliphatic heterocycles. The van der Waals surface area contributed by atoms with E-state index in [1.165, 1.54) is 11.1 Å². The average Bonchev–Trinajstić information content (AvgIpc) is 2.68. The normalized spacial score (nSPS) is 14.5. The van der Waals surface area contributed by atoms with E-state index in [1.807, 2.05) is 12.1 Å². The van der Waals surface area contributed by atoms with Gasteiger partial charge in [-0.25, -0.2) is 0 Å². The summed E-state index contributed by atoms with van der Waals surface area (Å²) >= 11 is 0. The van der Waals surface area contributed by atoms with Crippen LogP contribution >= 0.6 is 0 Å². The highest BCUT2D eigenvalue weighted by Gasteiger charge is 2.23. The molecule has 3 heteroatoms. The third-order valence-corrected chi connectivity index (χ3v) is 2.82. The van der Waals surface area contributed by atoms with Crippen molar-refractivity contribution in [3.63, 3.8) is 0 Å². The van der Waals surface area contributed by atoms with Gasteiger partial charge in [0.2, 0.25) is 0 Å². The van der Waals surface area contributed by atoms with Gasteiger partial charge in [0.1, 0.15) is 0 Å². The zero-order valence-electron chi connectivity index (χ0n) is 8.91. The standard InChI is InChI=1S/C12H13NO2/c1-14-11-5-9-3-8(7-13)4-10(9)6-12(11)15-2/h5-6,8H,3-4H2,1-2H3. The summed E-state index contributed by atoms with van der Waals surface area (Å²) in [7, 11) is 3.25. The fraction of sp³-hybridized carbons (Fsp3) is 0.417. The van der Waals surface area contributed by atoms with Gasteiger partial charge in [0.05, 0.1) is 26.2 Å². The first-order valence-electron chi connectivity index (χ1n) is 4.92. The quantitative estimate of drug-likeness (QED) is 0.737. The lowest BCUT2D eigenvalue weighted by molar-refractivity contribution is 0.354. The summed E-state index contributed by atoms with van der Waals surface area (Å²) in [5.41, 5.74) is 2.42. The van der Waals surface area contributed by atoms with Gasteiger partial charge in [0, 0.05) is 0 Å². The maximum absolute atomic E-state index is 8.88. The summed E-state index contributed by atoms with van der Waals surface area (Å²) in [6.45, 7) is 0. The number of benzene rings is 1. The first-order valence-corrected chi connectivity index (χ1v) is 4.92. The van der Waals surface area contributed by atoms with Gasteiger partial charge in [0.25, 0.3) is 0 Å². The van der Waals surface area contributed by atoms with Crippen molar-refractivity contribution in [3.05, 3.63) is 23.3 Å². The molecule has 0 saturated heterocycles. The highest BCUT2D eigenvalue weighted by atomic mass is 16.5. The molecule has 0 N–H and O–H groups in total. The second kappa shape index (κ2) is 3.82. The van der Waals surface area contributed by atoms with Gasteiger partial charge in [-0.2, -0.15) is 5.26 Å². The molecule has 0 spiro atoms. The van der Waals surface area contributed by atoms with Crippen molar-refractivity contribution in [2.45, 2.75) is 12.8 Å². The Bertz CT molecular complexity index is 387. The molecule has 1 aliphatic rings. The second-order valence-corrected chi connectivity index (χ2v) is 3.71. The van der Waals surface area contributed by atoms with Crippen LogP contribution in [-0.2, 0) is 12.8 Å². The van der Waals surface area contributed by atoms with E-state index < -0.39 is 0 Å². The average molecular weight is 203 g/mol. The van der Waals surface area contributed by atoms with Gasteiger partial charge in [0.15, 0.2) is 11.5 Å². The molecule has 1 aromatic carbocycles. The Morgan fingerprint density at radius 2 is 1.60 bits per heavy atom. The van der Waals surface area contributed by atoms with Gasteiger partial charge in [-0.1, -0.05) is 0 Å². The lowest BCUT2D eigenvalue weighted by atomic mass is 10.1. The summed E-state index contributed by atoms with van der Waals surface area (Å²) in [6.07, 6.45) is 1.65. The topological polar surface area (TPSA) is 42.2 Å². The van der Waals surface area contributed by atoms with Crippen molar-refractivity contribution >= 4 is 0 Å². The third-order valence-electron chi connectivity index (χ3n) is 2.82. The van der Waals surface area contributed by atoms with E-state index >= 15 is 0 Å². The van der Waals surface area contributed by atoms with Crippen molar-refractivity contribution in [1.82, 2.24) is 0 Å². The van der Waals surface area contributed by atoms with Gasteiger partial charge < -0.3 is 9.47 Å². The smallest absolute Gasteiger partial charge is 0.161 e. The van der Waals surface area contributed by atoms with Crippen LogP contribution < -0.4 is 9.47 Å². The molecule has 0 amide bonds. The third kappa shape index (κ3) is 1.63. The Labute approximate surface area is 89.2 Å². The molecule has 1 aromatic rings. The highest BCUT2D eigenvalue weighted by Crippen LogP contribution is 2.36. The van der Waals surface area contributed by atoms with Crippen LogP contribution in [0.2, 0.25) is 0 Å². The lowest BCUT2D eigenvalue weighted by Gasteiger charge is -2.09. The van der Waals surface area contributed by atoms with Crippen LogP contribution in [0.4, 0.5) is 0 Å². The van der Waals surface area contributed by atoms with Crippen molar-refractivity contribution in [3.8, 4) is 17.6 Å². The van der Waals surface area contributed by atoms with Gasteiger partial charge in [-0.05, 0) is 36.1 Å². The van der Waals surface area contributed by atoms with E-state index in [9.17, 15) is 0 Å². The van der Waals surface area contributed by atoms with Crippen molar-refractivity contribution in [1.29, 1.82) is 5.26 Å².